The van der Waals surface area contributed by atoms with Crippen LogP contribution in [0.3, 0.4) is 0 Å². The molecule has 1 unspecified atom stereocenters. The second-order valence-electron chi connectivity index (χ2n) is 7.57. The van der Waals surface area contributed by atoms with Crippen LogP contribution in [-0.4, -0.2) is 41.3 Å². The Labute approximate surface area is 167 Å². The molecule has 0 radical (unpaired) electrons. The van der Waals surface area contributed by atoms with Crippen LogP contribution in [0, 0.1) is 0 Å². The Kier molecular flexibility index (Phi) is 7.31. The number of piperidine rings is 1. The Balaban J connectivity index is 1.34. The molecule has 5 nitrogen and oxygen atoms in total. The average molecular weight is 383 g/mol. The van der Waals surface area contributed by atoms with Crippen LogP contribution in [0.4, 0.5) is 4.79 Å². The molecule has 0 spiro atoms. The summed E-state index contributed by atoms with van der Waals surface area (Å²) in [6, 6.07) is 18.0. The van der Waals surface area contributed by atoms with Crippen LogP contribution in [0.5, 0.6) is 5.75 Å². The fourth-order valence-corrected chi connectivity index (χ4v) is 3.57. The smallest absolute Gasteiger partial charge is 0.410 e. The number of ether oxygens (including phenoxy) is 1. The van der Waals surface area contributed by atoms with Gasteiger partial charge >= 0.3 is 6.09 Å². The third-order valence-corrected chi connectivity index (χ3v) is 5.28. The van der Waals surface area contributed by atoms with E-state index in [0.717, 1.165) is 44.3 Å². The van der Waals surface area contributed by atoms with Crippen molar-refractivity contribution in [2.45, 2.75) is 51.3 Å². The highest BCUT2D eigenvalue weighted by atomic mass is 16.6. The van der Waals surface area contributed by atoms with Crippen LogP contribution in [0.25, 0.3) is 0 Å². The molecule has 0 bridgehead atoms. The number of likely N-dealkylation sites (tertiary alicyclic amines) is 1. The molecule has 1 amide bonds. The van der Waals surface area contributed by atoms with E-state index >= 15 is 0 Å². The van der Waals surface area contributed by atoms with Crippen molar-refractivity contribution >= 4 is 6.09 Å². The van der Waals surface area contributed by atoms with Crippen molar-refractivity contribution in [3.63, 3.8) is 0 Å². The fraction of sp³-hybridized carbons (Fsp3) is 0.435. The number of aryl methyl sites for hydroxylation is 1. The number of phenols is 1. The highest BCUT2D eigenvalue weighted by Gasteiger charge is 2.24. The van der Waals surface area contributed by atoms with Crippen LogP contribution >= 0.6 is 0 Å². The molecule has 28 heavy (non-hydrogen) atoms. The Morgan fingerprint density at radius 1 is 1.11 bits per heavy atom. The van der Waals surface area contributed by atoms with Gasteiger partial charge in [-0.3, -0.25) is 0 Å². The van der Waals surface area contributed by atoms with Gasteiger partial charge < -0.3 is 20.1 Å². The van der Waals surface area contributed by atoms with E-state index < -0.39 is 0 Å². The molecule has 0 aromatic heterocycles. The average Bonchev–Trinajstić information content (AvgIpc) is 2.73. The number of nitrogens with one attached hydrogen (secondary N) is 1. The Hall–Kier alpha value is -2.53. The largest absolute Gasteiger partial charge is 0.508 e. The van der Waals surface area contributed by atoms with Crippen molar-refractivity contribution in [3.05, 3.63) is 65.7 Å². The van der Waals surface area contributed by atoms with Crippen molar-refractivity contribution in [1.82, 2.24) is 10.2 Å². The molecule has 2 aromatic rings. The number of carbonyl (C=O) groups is 1. The summed E-state index contributed by atoms with van der Waals surface area (Å²) < 4.78 is 5.43. The molecule has 2 N–H and O–H groups in total. The quantitative estimate of drug-likeness (QED) is 0.757. The maximum absolute atomic E-state index is 12.2. The van der Waals surface area contributed by atoms with Crippen LogP contribution in [-0.2, 0) is 17.8 Å². The van der Waals surface area contributed by atoms with E-state index in [1.165, 1.54) is 5.56 Å². The van der Waals surface area contributed by atoms with Crippen LogP contribution in [0.1, 0.15) is 37.3 Å². The van der Waals surface area contributed by atoms with Gasteiger partial charge in [-0.15, -0.1) is 0 Å². The number of hydrogen-bond donors (Lipinski definition) is 2. The van der Waals surface area contributed by atoms with E-state index in [2.05, 4.69) is 12.2 Å². The van der Waals surface area contributed by atoms with E-state index in [9.17, 15) is 9.90 Å². The Morgan fingerprint density at radius 3 is 2.46 bits per heavy atom. The van der Waals surface area contributed by atoms with Crippen LogP contribution < -0.4 is 5.32 Å². The van der Waals surface area contributed by atoms with Crippen molar-refractivity contribution in [3.8, 4) is 5.75 Å². The third kappa shape index (κ3) is 6.27. The minimum atomic E-state index is -0.220. The summed E-state index contributed by atoms with van der Waals surface area (Å²) in [4.78, 5) is 14.1. The first-order valence-electron chi connectivity index (χ1n) is 10.1. The molecule has 1 atom stereocenters. The monoisotopic (exact) mass is 382 g/mol. The molecule has 0 saturated carbocycles. The topological polar surface area (TPSA) is 61.8 Å². The zero-order chi connectivity index (χ0) is 19.8. The lowest BCUT2D eigenvalue weighted by molar-refractivity contribution is 0.0846. The predicted octanol–water partition coefficient (Wildman–Crippen LogP) is 4.10. The second kappa shape index (κ2) is 10.1. The van der Waals surface area contributed by atoms with Gasteiger partial charge in [-0.1, -0.05) is 42.5 Å². The van der Waals surface area contributed by atoms with E-state index in [1.807, 2.05) is 47.4 Å². The first kappa shape index (κ1) is 20.2. The lowest BCUT2D eigenvalue weighted by atomic mass is 10.0. The van der Waals surface area contributed by atoms with Gasteiger partial charge in [0.25, 0.3) is 0 Å². The summed E-state index contributed by atoms with van der Waals surface area (Å²) in [5.41, 5.74) is 2.25. The van der Waals surface area contributed by atoms with Crippen LogP contribution in [0.15, 0.2) is 54.6 Å². The molecular formula is C23H30N2O3. The summed E-state index contributed by atoms with van der Waals surface area (Å²) >= 11 is 0. The summed E-state index contributed by atoms with van der Waals surface area (Å²) in [6.45, 7) is 4.00. The van der Waals surface area contributed by atoms with Crippen molar-refractivity contribution in [1.29, 1.82) is 0 Å². The number of hydrogen-bond acceptors (Lipinski definition) is 4. The number of amides is 1. The number of nitrogens with zero attached hydrogens (tertiary/aromatic N) is 1. The molecule has 3 rings (SSSR count). The van der Waals surface area contributed by atoms with Gasteiger partial charge in [0.05, 0.1) is 0 Å². The highest BCUT2D eigenvalue weighted by Crippen LogP contribution is 2.15. The van der Waals surface area contributed by atoms with Gasteiger partial charge in [-0.25, -0.2) is 4.79 Å². The van der Waals surface area contributed by atoms with Gasteiger partial charge in [0.1, 0.15) is 12.4 Å². The minimum Gasteiger partial charge on any atom is -0.508 e. The SMILES string of the molecule is CC(CCc1ccc(O)cc1)NC1CCN(C(=O)OCc2ccccc2)CC1. The standard InChI is InChI=1S/C23H30N2O3/c1-18(7-8-19-9-11-22(26)12-10-19)24-21-13-15-25(16-14-21)23(27)28-17-20-5-3-2-4-6-20/h2-6,9-12,18,21,24,26H,7-8,13-17H2,1H3. The fourth-order valence-electron chi connectivity index (χ4n) is 3.57. The summed E-state index contributed by atoms with van der Waals surface area (Å²) in [6.07, 6.45) is 3.71. The number of aromatic hydroxyl groups is 1. The first-order valence-corrected chi connectivity index (χ1v) is 10.1. The van der Waals surface area contributed by atoms with E-state index in [-0.39, 0.29) is 6.09 Å². The molecule has 150 valence electrons. The van der Waals surface area contributed by atoms with Gasteiger partial charge in [0, 0.05) is 25.2 Å². The second-order valence-corrected chi connectivity index (χ2v) is 7.57. The minimum absolute atomic E-state index is 0.220. The molecule has 1 aliphatic rings. The summed E-state index contributed by atoms with van der Waals surface area (Å²) in [7, 11) is 0. The maximum Gasteiger partial charge on any atom is 0.410 e. The number of rotatable bonds is 7. The zero-order valence-electron chi connectivity index (χ0n) is 16.5. The van der Waals surface area contributed by atoms with Gasteiger partial charge in [-0.05, 0) is 55.9 Å². The normalized spacial score (nSPS) is 16.0. The lowest BCUT2D eigenvalue weighted by Crippen LogP contribution is -2.47. The zero-order valence-corrected chi connectivity index (χ0v) is 16.5. The number of benzene rings is 2. The molecule has 0 aliphatic carbocycles. The highest BCUT2D eigenvalue weighted by molar-refractivity contribution is 5.67. The molecule has 2 aromatic carbocycles. The molecule has 1 aliphatic heterocycles. The first-order chi connectivity index (χ1) is 13.6. The van der Waals surface area contributed by atoms with Crippen LogP contribution in [0.2, 0.25) is 0 Å². The van der Waals surface area contributed by atoms with E-state index in [0.29, 0.717) is 24.4 Å². The predicted molar refractivity (Wildman–Crippen MR) is 110 cm³/mol. The molecule has 1 fully saturated rings. The maximum atomic E-state index is 12.2. The summed E-state index contributed by atoms with van der Waals surface area (Å²) in [5.74, 6) is 0.309. The molecule has 1 heterocycles. The third-order valence-electron chi connectivity index (χ3n) is 5.28. The Bertz CT molecular complexity index is 725. The van der Waals surface area contributed by atoms with E-state index in [1.54, 1.807) is 12.1 Å². The van der Waals surface area contributed by atoms with Crippen molar-refractivity contribution < 1.29 is 14.6 Å². The van der Waals surface area contributed by atoms with Gasteiger partial charge in [0.2, 0.25) is 0 Å². The molecule has 1 saturated heterocycles. The van der Waals surface area contributed by atoms with Crippen molar-refractivity contribution in [2.24, 2.45) is 0 Å². The Morgan fingerprint density at radius 2 is 1.79 bits per heavy atom. The summed E-state index contributed by atoms with van der Waals surface area (Å²) in [5, 5.41) is 13.0. The molecular weight excluding hydrogens is 352 g/mol. The number of carbonyl (C=O) groups excluding carboxylic acids is 1. The van der Waals surface area contributed by atoms with Gasteiger partial charge in [0.15, 0.2) is 0 Å². The van der Waals surface area contributed by atoms with E-state index in [4.69, 9.17) is 4.74 Å². The number of phenolic OH excluding ortho intramolecular Hbond substituents is 1. The lowest BCUT2D eigenvalue weighted by Gasteiger charge is -2.33. The van der Waals surface area contributed by atoms with Gasteiger partial charge in [-0.2, -0.15) is 0 Å². The van der Waals surface area contributed by atoms with Crippen molar-refractivity contribution in [2.75, 3.05) is 13.1 Å². The molecule has 5 heteroatoms.